The van der Waals surface area contributed by atoms with Crippen LogP contribution in [0.1, 0.15) is 33.8 Å². The topological polar surface area (TPSA) is 103 Å². The molecular weight excluding hydrogens is 420 g/mol. The van der Waals surface area contributed by atoms with Crippen LogP contribution in [-0.4, -0.2) is 71.2 Å². The predicted octanol–water partition coefficient (Wildman–Crippen LogP) is 1.41. The van der Waals surface area contributed by atoms with Crippen molar-refractivity contribution in [2.24, 2.45) is 0 Å². The molecule has 3 aliphatic rings. The van der Waals surface area contributed by atoms with E-state index in [0.717, 1.165) is 28.2 Å². The molecule has 10 heteroatoms. The van der Waals surface area contributed by atoms with Crippen molar-refractivity contribution in [1.82, 2.24) is 20.0 Å². The number of fused-ring (bicyclic) bond motifs is 2. The van der Waals surface area contributed by atoms with Crippen molar-refractivity contribution < 1.29 is 23.6 Å². The Labute approximate surface area is 182 Å². The minimum atomic E-state index is -1.04. The van der Waals surface area contributed by atoms with Crippen molar-refractivity contribution in [3.8, 4) is 0 Å². The fourth-order valence-electron chi connectivity index (χ4n) is 4.64. The van der Waals surface area contributed by atoms with Crippen LogP contribution in [-0.2, 0) is 21.5 Å². The Morgan fingerprint density at radius 3 is 2.65 bits per heavy atom. The Morgan fingerprint density at radius 2 is 1.90 bits per heavy atom. The number of amides is 5. The fraction of sp³-hybridized carbons (Fsp3) is 0.429. The van der Waals surface area contributed by atoms with Crippen LogP contribution in [0.2, 0.25) is 0 Å². The number of carbonyl (C=O) groups excluding carboxylic acids is 4. The number of hydrogen-bond acceptors (Lipinski definition) is 6. The van der Waals surface area contributed by atoms with Crippen molar-refractivity contribution in [2.45, 2.75) is 24.8 Å². The SMILES string of the molecule is O=C(CN1C(=O)N[C@@]2(CCCc3sccc32)C1=O)N1CCN(C(=O)c2ccco2)CC1. The Hall–Kier alpha value is -3.14. The number of rotatable bonds is 3. The molecule has 0 bridgehead atoms. The van der Waals surface area contributed by atoms with Gasteiger partial charge in [0.2, 0.25) is 5.91 Å². The second-order valence-corrected chi connectivity index (χ2v) is 8.99. The molecule has 1 aliphatic carbocycles. The third-order valence-electron chi connectivity index (χ3n) is 6.28. The summed E-state index contributed by atoms with van der Waals surface area (Å²) >= 11 is 1.59. The molecule has 1 N–H and O–H groups in total. The lowest BCUT2D eigenvalue weighted by Gasteiger charge is -2.35. The number of thiophene rings is 1. The highest BCUT2D eigenvalue weighted by Crippen LogP contribution is 2.42. The van der Waals surface area contributed by atoms with Crippen LogP contribution in [0.25, 0.3) is 0 Å². The Bertz CT molecular complexity index is 1040. The Balaban J connectivity index is 1.23. The van der Waals surface area contributed by atoms with Crippen molar-refractivity contribution in [3.05, 3.63) is 46.0 Å². The maximum atomic E-state index is 13.3. The van der Waals surface area contributed by atoms with E-state index in [1.807, 2.05) is 11.4 Å². The van der Waals surface area contributed by atoms with E-state index in [9.17, 15) is 19.2 Å². The average molecular weight is 442 g/mol. The first-order chi connectivity index (χ1) is 15.0. The largest absolute Gasteiger partial charge is 0.459 e. The van der Waals surface area contributed by atoms with E-state index in [-0.39, 0.29) is 30.0 Å². The summed E-state index contributed by atoms with van der Waals surface area (Å²) in [6.07, 6.45) is 3.70. The zero-order chi connectivity index (χ0) is 21.6. The maximum Gasteiger partial charge on any atom is 0.325 e. The molecule has 0 unspecified atom stereocenters. The molecule has 0 aromatic carbocycles. The van der Waals surface area contributed by atoms with Gasteiger partial charge in [-0.05, 0) is 42.8 Å². The maximum absolute atomic E-state index is 13.3. The summed E-state index contributed by atoms with van der Waals surface area (Å²) in [5, 5.41) is 4.81. The van der Waals surface area contributed by atoms with Crippen LogP contribution in [0.15, 0.2) is 34.3 Å². The fourth-order valence-corrected chi connectivity index (χ4v) is 5.64. The summed E-state index contributed by atoms with van der Waals surface area (Å²) < 4.78 is 5.15. The summed E-state index contributed by atoms with van der Waals surface area (Å²) in [4.78, 5) is 56.5. The number of hydrogen-bond donors (Lipinski definition) is 1. The normalized spacial score (nSPS) is 23.3. The summed E-state index contributed by atoms with van der Waals surface area (Å²) in [6.45, 7) is 1.13. The van der Waals surface area contributed by atoms with E-state index in [0.29, 0.717) is 32.6 Å². The van der Waals surface area contributed by atoms with Crippen LogP contribution in [0.3, 0.4) is 0 Å². The van der Waals surface area contributed by atoms with Gasteiger partial charge >= 0.3 is 6.03 Å². The van der Waals surface area contributed by atoms with Crippen LogP contribution in [0.4, 0.5) is 4.79 Å². The first kappa shape index (κ1) is 19.8. The molecule has 162 valence electrons. The van der Waals surface area contributed by atoms with E-state index in [4.69, 9.17) is 4.42 Å². The molecular formula is C21H22N4O5S. The summed E-state index contributed by atoms with van der Waals surface area (Å²) in [5.74, 6) is -0.592. The van der Waals surface area contributed by atoms with Gasteiger partial charge in [-0.15, -0.1) is 11.3 Å². The number of imide groups is 1. The molecule has 2 fully saturated rings. The third-order valence-corrected chi connectivity index (χ3v) is 7.26. The van der Waals surface area contributed by atoms with Crippen molar-refractivity contribution in [2.75, 3.05) is 32.7 Å². The van der Waals surface area contributed by atoms with Gasteiger partial charge in [0.25, 0.3) is 11.8 Å². The standard InChI is InChI=1S/C21H22N4O5S/c26-17(23-7-9-24(10-8-23)18(27)15-3-2-11-30-15)13-25-19(28)21(22-20(25)29)6-1-4-16-14(21)5-12-31-16/h2-3,5,11-12H,1,4,6-10,13H2,(H,22,29)/t21-/m1/s1. The van der Waals surface area contributed by atoms with Gasteiger partial charge < -0.3 is 19.5 Å². The molecule has 4 heterocycles. The van der Waals surface area contributed by atoms with Crippen LogP contribution in [0.5, 0.6) is 0 Å². The van der Waals surface area contributed by atoms with Crippen molar-refractivity contribution in [3.63, 3.8) is 0 Å². The highest BCUT2D eigenvalue weighted by Gasteiger charge is 2.54. The zero-order valence-corrected chi connectivity index (χ0v) is 17.7. The molecule has 0 saturated carbocycles. The molecule has 2 aromatic rings. The van der Waals surface area contributed by atoms with Gasteiger partial charge in [-0.25, -0.2) is 4.79 Å². The molecule has 31 heavy (non-hydrogen) atoms. The molecule has 1 spiro atoms. The molecule has 9 nitrogen and oxygen atoms in total. The zero-order valence-electron chi connectivity index (χ0n) is 16.8. The monoisotopic (exact) mass is 442 g/mol. The summed E-state index contributed by atoms with van der Waals surface area (Å²) in [6, 6.07) is 4.64. The second kappa shape index (κ2) is 7.52. The first-order valence-corrected chi connectivity index (χ1v) is 11.2. The van der Waals surface area contributed by atoms with Crippen LogP contribution >= 0.6 is 11.3 Å². The van der Waals surface area contributed by atoms with E-state index in [1.165, 1.54) is 6.26 Å². The number of nitrogens with one attached hydrogen (secondary N) is 1. The van der Waals surface area contributed by atoms with Crippen molar-refractivity contribution >= 4 is 35.1 Å². The van der Waals surface area contributed by atoms with Gasteiger partial charge in [-0.1, -0.05) is 0 Å². The van der Waals surface area contributed by atoms with Gasteiger partial charge in [-0.2, -0.15) is 0 Å². The highest BCUT2D eigenvalue weighted by atomic mass is 32.1. The number of furan rings is 1. The lowest BCUT2D eigenvalue weighted by atomic mass is 9.80. The number of aryl methyl sites for hydroxylation is 1. The minimum Gasteiger partial charge on any atom is -0.459 e. The molecule has 5 amide bonds. The number of carbonyl (C=O) groups is 4. The quantitative estimate of drug-likeness (QED) is 0.724. The predicted molar refractivity (Wildman–Crippen MR) is 110 cm³/mol. The Morgan fingerprint density at radius 1 is 1.13 bits per heavy atom. The second-order valence-electron chi connectivity index (χ2n) is 7.99. The smallest absolute Gasteiger partial charge is 0.325 e. The van der Waals surface area contributed by atoms with E-state index in [2.05, 4.69) is 5.32 Å². The minimum absolute atomic E-state index is 0.211. The Kier molecular flexibility index (Phi) is 4.81. The van der Waals surface area contributed by atoms with Gasteiger partial charge in [0.15, 0.2) is 5.76 Å². The molecule has 1 atom stereocenters. The molecule has 0 radical (unpaired) electrons. The van der Waals surface area contributed by atoms with E-state index in [1.54, 1.807) is 33.3 Å². The molecule has 5 rings (SSSR count). The van der Waals surface area contributed by atoms with Gasteiger partial charge in [0.05, 0.1) is 6.26 Å². The summed E-state index contributed by atoms with van der Waals surface area (Å²) in [5.41, 5.74) is -0.179. The lowest BCUT2D eigenvalue weighted by molar-refractivity contribution is -0.140. The van der Waals surface area contributed by atoms with Gasteiger partial charge in [0, 0.05) is 36.6 Å². The van der Waals surface area contributed by atoms with Crippen LogP contribution < -0.4 is 5.32 Å². The van der Waals surface area contributed by atoms with E-state index >= 15 is 0 Å². The van der Waals surface area contributed by atoms with Crippen molar-refractivity contribution in [1.29, 1.82) is 0 Å². The molecule has 2 saturated heterocycles. The van der Waals surface area contributed by atoms with Crippen LogP contribution in [0, 0.1) is 0 Å². The summed E-state index contributed by atoms with van der Waals surface area (Å²) in [7, 11) is 0. The van der Waals surface area contributed by atoms with E-state index < -0.39 is 11.6 Å². The van der Waals surface area contributed by atoms with Gasteiger partial charge in [0.1, 0.15) is 12.1 Å². The highest BCUT2D eigenvalue weighted by molar-refractivity contribution is 7.10. The lowest BCUT2D eigenvalue weighted by Crippen LogP contribution is -2.53. The third kappa shape index (κ3) is 3.21. The molecule has 2 aliphatic heterocycles. The number of urea groups is 1. The number of nitrogens with zero attached hydrogens (tertiary/aromatic N) is 3. The number of piperazine rings is 1. The molecule has 2 aromatic heterocycles. The van der Waals surface area contributed by atoms with Gasteiger partial charge in [-0.3, -0.25) is 19.3 Å². The first-order valence-electron chi connectivity index (χ1n) is 10.3. The average Bonchev–Trinajstić information content (AvgIpc) is 3.52.